The van der Waals surface area contributed by atoms with Gasteiger partial charge in [-0.2, -0.15) is 0 Å². The van der Waals surface area contributed by atoms with Crippen LogP contribution in [0.1, 0.15) is 12.5 Å². The number of aromatic nitrogens is 3. The van der Waals surface area contributed by atoms with Gasteiger partial charge in [0, 0.05) is 36.1 Å². The van der Waals surface area contributed by atoms with Gasteiger partial charge in [-0.1, -0.05) is 23.9 Å². The molecule has 0 spiro atoms. The summed E-state index contributed by atoms with van der Waals surface area (Å²) >= 11 is 1.48. The Bertz CT molecular complexity index is 968. The number of hydrogen-bond acceptors (Lipinski definition) is 7. The normalized spacial score (nSPS) is 10.7. The molecule has 9 heteroatoms. The molecule has 8 nitrogen and oxygen atoms in total. The van der Waals surface area contributed by atoms with Gasteiger partial charge in [-0.3, -0.25) is 10.1 Å². The lowest BCUT2D eigenvalue weighted by atomic mass is 10.2. The molecule has 1 aromatic heterocycles. The number of methoxy groups -OCH3 is 2. The van der Waals surface area contributed by atoms with Gasteiger partial charge in [0.05, 0.1) is 19.1 Å². The molecule has 0 bridgehead atoms. The predicted molar refractivity (Wildman–Crippen MR) is 107 cm³/mol. The predicted octanol–water partition coefficient (Wildman–Crippen LogP) is 4.18. The number of non-ortho nitro benzene ring substituents is 1. The van der Waals surface area contributed by atoms with Crippen molar-refractivity contribution in [1.29, 1.82) is 0 Å². The maximum Gasteiger partial charge on any atom is 0.269 e. The van der Waals surface area contributed by atoms with Crippen molar-refractivity contribution in [3.8, 4) is 22.9 Å². The minimum Gasteiger partial charge on any atom is -0.497 e. The van der Waals surface area contributed by atoms with E-state index in [0.29, 0.717) is 29.6 Å². The summed E-state index contributed by atoms with van der Waals surface area (Å²) < 4.78 is 12.7. The summed E-state index contributed by atoms with van der Waals surface area (Å²) in [5.41, 5.74) is 1.78. The van der Waals surface area contributed by atoms with E-state index in [4.69, 9.17) is 9.47 Å². The first kappa shape index (κ1) is 19.7. The summed E-state index contributed by atoms with van der Waals surface area (Å²) in [4.78, 5) is 10.6. The van der Waals surface area contributed by atoms with E-state index in [2.05, 4.69) is 10.2 Å². The molecule has 146 valence electrons. The molecule has 0 fully saturated rings. The third kappa shape index (κ3) is 4.25. The number of nitro benzene ring substituents is 1. The molecule has 3 rings (SSSR count). The van der Waals surface area contributed by atoms with E-state index in [9.17, 15) is 10.1 Å². The number of nitro groups is 1. The molecule has 0 atom stereocenters. The van der Waals surface area contributed by atoms with Crippen LogP contribution in [-0.2, 0) is 12.3 Å². The molecule has 2 aromatic carbocycles. The second-order valence-electron chi connectivity index (χ2n) is 5.87. The van der Waals surface area contributed by atoms with Crippen molar-refractivity contribution in [3.05, 3.63) is 58.1 Å². The maximum absolute atomic E-state index is 10.9. The third-order valence-electron chi connectivity index (χ3n) is 4.13. The molecule has 0 radical (unpaired) electrons. The molecular formula is C19H20N4O4S. The van der Waals surface area contributed by atoms with Crippen molar-refractivity contribution in [2.24, 2.45) is 0 Å². The van der Waals surface area contributed by atoms with Crippen LogP contribution in [0.25, 0.3) is 11.4 Å². The van der Waals surface area contributed by atoms with Crippen LogP contribution < -0.4 is 9.47 Å². The molecule has 0 saturated carbocycles. The van der Waals surface area contributed by atoms with E-state index in [1.54, 1.807) is 32.4 Å². The summed E-state index contributed by atoms with van der Waals surface area (Å²) in [6.07, 6.45) is 0. The van der Waals surface area contributed by atoms with E-state index >= 15 is 0 Å². The minimum absolute atomic E-state index is 0.0826. The molecule has 1 heterocycles. The average Bonchev–Trinajstić information content (AvgIpc) is 3.14. The molecule has 0 N–H and O–H groups in total. The fraction of sp³-hybridized carbons (Fsp3) is 0.263. The lowest BCUT2D eigenvalue weighted by Gasteiger charge is -2.10. The van der Waals surface area contributed by atoms with Crippen molar-refractivity contribution < 1.29 is 14.4 Å². The fourth-order valence-electron chi connectivity index (χ4n) is 2.74. The van der Waals surface area contributed by atoms with Crippen molar-refractivity contribution in [2.75, 3.05) is 14.2 Å². The first-order valence-corrected chi connectivity index (χ1v) is 9.57. The summed E-state index contributed by atoms with van der Waals surface area (Å²) in [6, 6.07) is 12.2. The van der Waals surface area contributed by atoms with Crippen LogP contribution >= 0.6 is 11.8 Å². The minimum atomic E-state index is -0.392. The third-order valence-corrected chi connectivity index (χ3v) is 5.17. The number of hydrogen-bond donors (Lipinski definition) is 0. The second-order valence-corrected chi connectivity index (χ2v) is 6.81. The fourth-order valence-corrected chi connectivity index (χ4v) is 3.68. The maximum atomic E-state index is 10.9. The molecule has 0 saturated heterocycles. The van der Waals surface area contributed by atoms with Gasteiger partial charge in [0.15, 0.2) is 11.0 Å². The van der Waals surface area contributed by atoms with Gasteiger partial charge < -0.3 is 14.0 Å². The van der Waals surface area contributed by atoms with Crippen LogP contribution in [0.5, 0.6) is 11.5 Å². The van der Waals surface area contributed by atoms with E-state index in [1.807, 2.05) is 29.7 Å². The van der Waals surface area contributed by atoms with Crippen molar-refractivity contribution in [1.82, 2.24) is 14.8 Å². The molecule has 0 aliphatic carbocycles. The van der Waals surface area contributed by atoms with Crippen molar-refractivity contribution >= 4 is 17.4 Å². The number of benzene rings is 2. The van der Waals surface area contributed by atoms with Gasteiger partial charge in [0.25, 0.3) is 5.69 Å². The van der Waals surface area contributed by atoms with E-state index < -0.39 is 4.92 Å². The van der Waals surface area contributed by atoms with E-state index in [0.717, 1.165) is 16.3 Å². The smallest absolute Gasteiger partial charge is 0.269 e. The highest BCUT2D eigenvalue weighted by Crippen LogP contribution is 2.31. The molecule has 0 amide bonds. The Balaban J connectivity index is 1.86. The van der Waals surface area contributed by atoms with Gasteiger partial charge in [-0.25, -0.2) is 0 Å². The largest absolute Gasteiger partial charge is 0.497 e. The number of nitrogens with zero attached hydrogens (tertiary/aromatic N) is 4. The topological polar surface area (TPSA) is 92.3 Å². The number of ether oxygens (including phenoxy) is 2. The van der Waals surface area contributed by atoms with Gasteiger partial charge in [-0.15, -0.1) is 10.2 Å². The Morgan fingerprint density at radius 2 is 1.82 bits per heavy atom. The van der Waals surface area contributed by atoms with Crippen LogP contribution in [0.15, 0.2) is 47.6 Å². The lowest BCUT2D eigenvalue weighted by molar-refractivity contribution is -0.384. The highest BCUT2D eigenvalue weighted by Gasteiger charge is 2.16. The zero-order valence-electron chi connectivity index (χ0n) is 15.8. The molecule has 3 aromatic rings. The molecule has 0 aliphatic heterocycles. The van der Waals surface area contributed by atoms with Crippen molar-refractivity contribution in [3.63, 3.8) is 0 Å². The zero-order chi connectivity index (χ0) is 20.1. The second kappa shape index (κ2) is 8.75. The Morgan fingerprint density at radius 1 is 1.11 bits per heavy atom. The number of rotatable bonds is 8. The molecule has 0 unspecified atom stereocenters. The SMILES string of the molecule is CCn1c(SCc2cccc([N+](=O)[O-])c2)nnc1-c1cc(OC)cc(OC)c1. The van der Waals surface area contributed by atoms with E-state index in [1.165, 1.54) is 17.8 Å². The molecule has 28 heavy (non-hydrogen) atoms. The average molecular weight is 400 g/mol. The highest BCUT2D eigenvalue weighted by molar-refractivity contribution is 7.98. The van der Waals surface area contributed by atoms with Crippen LogP contribution in [0.4, 0.5) is 5.69 Å². The Morgan fingerprint density at radius 3 is 2.43 bits per heavy atom. The summed E-state index contributed by atoms with van der Waals surface area (Å²) in [7, 11) is 3.20. The monoisotopic (exact) mass is 400 g/mol. The van der Waals surface area contributed by atoms with Crippen LogP contribution in [-0.4, -0.2) is 33.9 Å². The van der Waals surface area contributed by atoms with E-state index in [-0.39, 0.29) is 5.69 Å². The quantitative estimate of drug-likeness (QED) is 0.318. The van der Waals surface area contributed by atoms with Crippen LogP contribution in [0.3, 0.4) is 0 Å². The Labute approximate surface area is 166 Å². The van der Waals surface area contributed by atoms with Gasteiger partial charge >= 0.3 is 0 Å². The zero-order valence-corrected chi connectivity index (χ0v) is 16.6. The van der Waals surface area contributed by atoms with Crippen LogP contribution in [0.2, 0.25) is 0 Å². The Hall–Kier alpha value is -3.07. The first-order valence-electron chi connectivity index (χ1n) is 8.58. The van der Waals surface area contributed by atoms with Gasteiger partial charge in [-0.05, 0) is 24.6 Å². The van der Waals surface area contributed by atoms with Crippen LogP contribution in [0, 0.1) is 10.1 Å². The van der Waals surface area contributed by atoms with Crippen molar-refractivity contribution in [2.45, 2.75) is 24.4 Å². The number of thioether (sulfide) groups is 1. The summed E-state index contributed by atoms with van der Waals surface area (Å²) in [5.74, 6) is 2.61. The summed E-state index contributed by atoms with van der Waals surface area (Å²) in [6.45, 7) is 2.70. The van der Waals surface area contributed by atoms with Gasteiger partial charge in [0.1, 0.15) is 11.5 Å². The molecule has 0 aliphatic rings. The Kier molecular flexibility index (Phi) is 6.15. The highest BCUT2D eigenvalue weighted by atomic mass is 32.2. The summed E-state index contributed by atoms with van der Waals surface area (Å²) in [5, 5.41) is 20.3. The first-order chi connectivity index (χ1) is 13.5. The lowest BCUT2D eigenvalue weighted by Crippen LogP contribution is -2.00. The van der Waals surface area contributed by atoms with Gasteiger partial charge in [0.2, 0.25) is 0 Å². The molecular weight excluding hydrogens is 380 g/mol. The standard InChI is InChI=1S/C19H20N4O4S/c1-4-22-18(14-9-16(26-2)11-17(10-14)27-3)20-21-19(22)28-12-13-6-5-7-15(8-13)23(24)25/h5-11H,4,12H2,1-3H3.